The van der Waals surface area contributed by atoms with Crippen LogP contribution in [-0.2, 0) is 0 Å². The number of ether oxygens (including phenoxy) is 1. The zero-order valence-corrected chi connectivity index (χ0v) is 13.3. The van der Waals surface area contributed by atoms with Crippen LogP contribution in [0.3, 0.4) is 0 Å². The van der Waals surface area contributed by atoms with Crippen LogP contribution in [0.25, 0.3) is 0 Å². The Kier molecular flexibility index (Phi) is 5.62. The van der Waals surface area contributed by atoms with E-state index in [2.05, 4.69) is 5.32 Å². The third-order valence-corrected chi connectivity index (χ3v) is 4.16. The van der Waals surface area contributed by atoms with Crippen LogP contribution in [0.2, 0.25) is 0 Å². The SMILES string of the molecule is COc1ccc(C)cc1C(=O)N(C)CCC1CCCCN1. The van der Waals surface area contributed by atoms with Gasteiger partial charge < -0.3 is 15.0 Å². The molecule has 2 rings (SSSR count). The van der Waals surface area contributed by atoms with Crippen molar-refractivity contribution in [3.05, 3.63) is 29.3 Å². The number of hydrogen-bond donors (Lipinski definition) is 1. The highest BCUT2D eigenvalue weighted by Crippen LogP contribution is 2.21. The summed E-state index contributed by atoms with van der Waals surface area (Å²) in [5, 5.41) is 3.52. The Morgan fingerprint density at radius 3 is 2.90 bits per heavy atom. The summed E-state index contributed by atoms with van der Waals surface area (Å²) in [5.74, 6) is 0.680. The molecule has 4 heteroatoms. The molecule has 0 bridgehead atoms. The molecule has 0 radical (unpaired) electrons. The Balaban J connectivity index is 1.96. The molecular weight excluding hydrogens is 264 g/mol. The normalized spacial score (nSPS) is 18.3. The summed E-state index contributed by atoms with van der Waals surface area (Å²) < 4.78 is 5.31. The Morgan fingerprint density at radius 1 is 1.43 bits per heavy atom. The molecule has 0 saturated carbocycles. The van der Waals surface area contributed by atoms with Crippen molar-refractivity contribution in [3.8, 4) is 5.75 Å². The second-order valence-corrected chi connectivity index (χ2v) is 5.87. The molecule has 1 aromatic carbocycles. The first-order chi connectivity index (χ1) is 10.1. The van der Waals surface area contributed by atoms with Crippen LogP contribution in [0.15, 0.2) is 18.2 Å². The van der Waals surface area contributed by atoms with Crippen molar-refractivity contribution >= 4 is 5.91 Å². The number of benzene rings is 1. The van der Waals surface area contributed by atoms with E-state index in [9.17, 15) is 4.79 Å². The average Bonchev–Trinajstić information content (AvgIpc) is 2.52. The van der Waals surface area contributed by atoms with Gasteiger partial charge in [0.05, 0.1) is 12.7 Å². The zero-order chi connectivity index (χ0) is 15.2. The molecule has 21 heavy (non-hydrogen) atoms. The van der Waals surface area contributed by atoms with Gasteiger partial charge in [0.1, 0.15) is 5.75 Å². The maximum Gasteiger partial charge on any atom is 0.257 e. The lowest BCUT2D eigenvalue weighted by Crippen LogP contribution is -2.38. The monoisotopic (exact) mass is 290 g/mol. The third-order valence-electron chi connectivity index (χ3n) is 4.16. The fraction of sp³-hybridized carbons (Fsp3) is 0.588. The predicted octanol–water partition coefficient (Wildman–Crippen LogP) is 2.61. The van der Waals surface area contributed by atoms with Crippen molar-refractivity contribution in [1.29, 1.82) is 0 Å². The number of methoxy groups -OCH3 is 1. The molecule has 1 atom stereocenters. The largest absolute Gasteiger partial charge is 0.496 e. The molecule has 1 aromatic rings. The maximum atomic E-state index is 12.6. The number of aryl methyl sites for hydroxylation is 1. The zero-order valence-electron chi connectivity index (χ0n) is 13.3. The lowest BCUT2D eigenvalue weighted by atomic mass is 10.0. The fourth-order valence-corrected chi connectivity index (χ4v) is 2.82. The van der Waals surface area contributed by atoms with Crippen molar-refractivity contribution < 1.29 is 9.53 Å². The first-order valence-corrected chi connectivity index (χ1v) is 7.75. The molecule has 1 amide bonds. The highest BCUT2D eigenvalue weighted by molar-refractivity contribution is 5.97. The minimum atomic E-state index is 0.0337. The van der Waals surface area contributed by atoms with E-state index in [4.69, 9.17) is 4.74 Å². The highest BCUT2D eigenvalue weighted by Gasteiger charge is 2.19. The molecule has 1 heterocycles. The van der Waals surface area contributed by atoms with E-state index in [-0.39, 0.29) is 5.91 Å². The van der Waals surface area contributed by atoms with E-state index >= 15 is 0 Å². The molecule has 0 aromatic heterocycles. The fourth-order valence-electron chi connectivity index (χ4n) is 2.82. The van der Waals surface area contributed by atoms with Gasteiger partial charge in [-0.1, -0.05) is 18.1 Å². The summed E-state index contributed by atoms with van der Waals surface area (Å²) in [6, 6.07) is 6.27. The Bertz CT molecular complexity index is 482. The number of amides is 1. The number of nitrogens with zero attached hydrogens (tertiary/aromatic N) is 1. The van der Waals surface area contributed by atoms with Crippen LogP contribution < -0.4 is 10.1 Å². The molecular formula is C17H26N2O2. The molecule has 0 aliphatic carbocycles. The summed E-state index contributed by atoms with van der Waals surface area (Å²) in [6.45, 7) is 3.86. The molecule has 0 spiro atoms. The highest BCUT2D eigenvalue weighted by atomic mass is 16.5. The van der Waals surface area contributed by atoms with Crippen molar-refractivity contribution in [2.75, 3.05) is 27.2 Å². The summed E-state index contributed by atoms with van der Waals surface area (Å²) in [7, 11) is 3.47. The van der Waals surface area contributed by atoms with E-state index < -0.39 is 0 Å². The molecule has 4 nitrogen and oxygen atoms in total. The van der Waals surface area contributed by atoms with Crippen LogP contribution in [0.1, 0.15) is 41.6 Å². The van der Waals surface area contributed by atoms with E-state index in [1.54, 1.807) is 12.0 Å². The molecule has 1 saturated heterocycles. The number of carbonyl (C=O) groups excluding carboxylic acids is 1. The number of nitrogens with one attached hydrogen (secondary N) is 1. The van der Waals surface area contributed by atoms with Crippen LogP contribution in [0, 0.1) is 6.92 Å². The van der Waals surface area contributed by atoms with Gasteiger partial charge in [-0.15, -0.1) is 0 Å². The minimum absolute atomic E-state index is 0.0337. The van der Waals surface area contributed by atoms with E-state index in [0.717, 1.165) is 25.1 Å². The van der Waals surface area contributed by atoms with Crippen LogP contribution >= 0.6 is 0 Å². The Morgan fingerprint density at radius 2 is 2.24 bits per heavy atom. The van der Waals surface area contributed by atoms with Gasteiger partial charge in [0.2, 0.25) is 0 Å². The summed E-state index contributed by atoms with van der Waals surface area (Å²) in [6.07, 6.45) is 4.79. The number of piperidine rings is 1. The molecule has 1 N–H and O–H groups in total. The van der Waals surface area contributed by atoms with Crippen molar-refractivity contribution in [2.24, 2.45) is 0 Å². The average molecular weight is 290 g/mol. The van der Waals surface area contributed by atoms with Gasteiger partial charge in [-0.3, -0.25) is 4.79 Å². The van der Waals surface area contributed by atoms with E-state index in [0.29, 0.717) is 17.4 Å². The molecule has 1 aliphatic heterocycles. The summed E-state index contributed by atoms with van der Waals surface area (Å²) in [5.41, 5.74) is 1.72. The van der Waals surface area contributed by atoms with Crippen molar-refractivity contribution in [3.63, 3.8) is 0 Å². The Labute approximate surface area is 127 Å². The standard InChI is InChI=1S/C17H26N2O2/c1-13-7-8-16(21-3)15(12-13)17(20)19(2)11-9-14-6-4-5-10-18-14/h7-8,12,14,18H,4-6,9-11H2,1-3H3. The van der Waals surface area contributed by atoms with Gasteiger partial charge in [-0.05, 0) is 44.9 Å². The van der Waals surface area contributed by atoms with Crippen LogP contribution in [0.4, 0.5) is 0 Å². The first kappa shape index (κ1) is 15.8. The quantitative estimate of drug-likeness (QED) is 0.906. The molecule has 116 valence electrons. The molecule has 1 unspecified atom stereocenters. The van der Waals surface area contributed by atoms with Gasteiger partial charge >= 0.3 is 0 Å². The maximum absolute atomic E-state index is 12.6. The van der Waals surface area contributed by atoms with E-state index in [1.807, 2.05) is 32.2 Å². The van der Waals surface area contributed by atoms with Gasteiger partial charge in [0.15, 0.2) is 0 Å². The minimum Gasteiger partial charge on any atom is -0.496 e. The van der Waals surface area contributed by atoms with Gasteiger partial charge in [-0.2, -0.15) is 0 Å². The number of carbonyl (C=O) groups is 1. The number of rotatable bonds is 5. The van der Waals surface area contributed by atoms with Crippen molar-refractivity contribution in [2.45, 2.75) is 38.6 Å². The second-order valence-electron chi connectivity index (χ2n) is 5.87. The number of hydrogen-bond acceptors (Lipinski definition) is 3. The van der Waals surface area contributed by atoms with E-state index in [1.165, 1.54) is 19.3 Å². The van der Waals surface area contributed by atoms with Crippen molar-refractivity contribution in [1.82, 2.24) is 10.2 Å². The topological polar surface area (TPSA) is 41.6 Å². The van der Waals surface area contributed by atoms with Gasteiger partial charge in [-0.25, -0.2) is 0 Å². The lowest BCUT2D eigenvalue weighted by molar-refractivity contribution is 0.0784. The second kappa shape index (κ2) is 7.46. The first-order valence-electron chi connectivity index (χ1n) is 7.75. The summed E-state index contributed by atoms with van der Waals surface area (Å²) in [4.78, 5) is 14.4. The Hall–Kier alpha value is -1.55. The van der Waals surface area contributed by atoms with Crippen LogP contribution in [0.5, 0.6) is 5.75 Å². The lowest BCUT2D eigenvalue weighted by Gasteiger charge is -2.26. The molecule has 1 fully saturated rings. The molecule has 1 aliphatic rings. The third kappa shape index (κ3) is 4.21. The smallest absolute Gasteiger partial charge is 0.257 e. The van der Waals surface area contributed by atoms with Gasteiger partial charge in [0, 0.05) is 19.6 Å². The predicted molar refractivity (Wildman–Crippen MR) is 85.0 cm³/mol. The summed E-state index contributed by atoms with van der Waals surface area (Å²) >= 11 is 0. The van der Waals surface area contributed by atoms with Gasteiger partial charge in [0.25, 0.3) is 5.91 Å². The van der Waals surface area contributed by atoms with Crippen LogP contribution in [-0.4, -0.2) is 44.1 Å².